The summed E-state index contributed by atoms with van der Waals surface area (Å²) in [5.41, 5.74) is 30.2. The van der Waals surface area contributed by atoms with E-state index < -0.39 is 5.41 Å². The van der Waals surface area contributed by atoms with E-state index in [1.54, 1.807) is 0 Å². The van der Waals surface area contributed by atoms with Gasteiger partial charge in [-0.05, 0) is 172 Å². The SMILES string of the molecule is C=C1c2ccccc2-c2cc(-c3ccc4c(c3)C(C)(C)c3c-4c4ccccc4c4c3c3cc5c6c(cccc6c3n4-c3ccccc3)-c3ccccc3-5)cc(-c3cc4c(c5ccccc5c5c6ccccc6n(-c6ccccc6)c45)n3-c3ccccc3)c21. The minimum atomic E-state index is -0.405. The van der Waals surface area contributed by atoms with Gasteiger partial charge in [-0.2, -0.15) is 0 Å². The number of aromatic nitrogens is 3. The van der Waals surface area contributed by atoms with Crippen LogP contribution >= 0.6 is 0 Å². The molecule has 0 fully saturated rings. The fourth-order valence-electron chi connectivity index (χ4n) is 16.8. The molecule has 0 N–H and O–H groups in total. The Morgan fingerprint density at radius 2 is 0.807 bits per heavy atom. The van der Waals surface area contributed by atoms with E-state index in [1.807, 2.05) is 0 Å². The average molecular weight is 1120 g/mol. The van der Waals surface area contributed by atoms with Crippen LogP contribution in [0.4, 0.5) is 0 Å². The summed E-state index contributed by atoms with van der Waals surface area (Å²) in [6.45, 7) is 9.95. The van der Waals surface area contributed by atoms with Crippen molar-refractivity contribution in [3.05, 3.63) is 302 Å². The summed E-state index contributed by atoms with van der Waals surface area (Å²) < 4.78 is 7.66. The van der Waals surface area contributed by atoms with Gasteiger partial charge in [0.2, 0.25) is 0 Å². The Morgan fingerprint density at radius 3 is 1.52 bits per heavy atom. The van der Waals surface area contributed by atoms with Gasteiger partial charge in [0, 0.05) is 71.1 Å². The summed E-state index contributed by atoms with van der Waals surface area (Å²) in [6, 6.07) is 103. The smallest absolute Gasteiger partial charge is 0.0641 e. The molecule has 3 aliphatic carbocycles. The Bertz CT molecular complexity index is 6010. The van der Waals surface area contributed by atoms with Crippen LogP contribution in [-0.4, -0.2) is 13.7 Å². The Balaban J connectivity index is 0.875. The van der Waals surface area contributed by atoms with Gasteiger partial charge >= 0.3 is 0 Å². The van der Waals surface area contributed by atoms with Gasteiger partial charge in [-0.25, -0.2) is 0 Å². The minimum Gasteiger partial charge on any atom is -0.309 e. The maximum Gasteiger partial charge on any atom is 0.0641 e. The third-order valence-corrected chi connectivity index (χ3v) is 20.3. The zero-order valence-corrected chi connectivity index (χ0v) is 48.5. The standard InChI is InChI=1S/C85H53N3/c1-49-55-30-13-14-31-56(55)67-44-51(45-69(75(49)67)74-48-71-81(87(74)53-26-9-5-10-27-53)62-36-19-18-35-61(62)78-65-38-21-22-41-73(65)86(84(71)78)52-24-7-4-8-25-52)50-42-43-64-72(46-50)85(2,3)80-77(64)60-34-17-20-37-63(60)83-79(80)70-47-68-58-33-16-15-32-57(58)59-39-23-40-66(76(59)68)82(70)88(83)54-28-11-6-12-29-54/h4-48H,1H2,2-3H3. The highest BCUT2D eigenvalue weighted by Crippen LogP contribution is 2.60. The van der Waals surface area contributed by atoms with Gasteiger partial charge < -0.3 is 13.7 Å². The highest BCUT2D eigenvalue weighted by atomic mass is 15.0. The summed E-state index contributed by atoms with van der Waals surface area (Å²) in [7, 11) is 0. The quantitative estimate of drug-likeness (QED) is 0.163. The highest BCUT2D eigenvalue weighted by Gasteiger charge is 2.41. The second-order valence-electron chi connectivity index (χ2n) is 25.1. The van der Waals surface area contributed by atoms with Crippen molar-refractivity contribution in [3.8, 4) is 84.0 Å². The lowest BCUT2D eigenvalue weighted by atomic mass is 9.79. The molecule has 17 aromatic rings. The second kappa shape index (κ2) is 17.2. The van der Waals surface area contributed by atoms with E-state index in [0.717, 1.165) is 28.2 Å². The summed E-state index contributed by atoms with van der Waals surface area (Å²) >= 11 is 0. The van der Waals surface area contributed by atoms with Crippen molar-refractivity contribution in [3.63, 3.8) is 0 Å². The summed E-state index contributed by atoms with van der Waals surface area (Å²) in [5, 5.41) is 13.9. The van der Waals surface area contributed by atoms with E-state index in [0.29, 0.717) is 0 Å². The number of hydrogen-bond donors (Lipinski definition) is 0. The fraction of sp³-hybridized carbons (Fsp3) is 0.0353. The first kappa shape index (κ1) is 48.0. The van der Waals surface area contributed by atoms with Crippen LogP contribution in [0.2, 0.25) is 0 Å². The van der Waals surface area contributed by atoms with Gasteiger partial charge in [0.05, 0.1) is 33.3 Å². The van der Waals surface area contributed by atoms with Crippen molar-refractivity contribution >= 4 is 92.4 Å². The lowest BCUT2D eigenvalue weighted by Crippen LogP contribution is -2.15. The van der Waals surface area contributed by atoms with Crippen LogP contribution in [0.25, 0.3) is 176 Å². The second-order valence-corrected chi connectivity index (χ2v) is 25.1. The van der Waals surface area contributed by atoms with Crippen LogP contribution in [-0.2, 0) is 5.41 Å². The zero-order valence-electron chi connectivity index (χ0n) is 48.5. The highest BCUT2D eigenvalue weighted by molar-refractivity contribution is 6.34. The third kappa shape index (κ3) is 6.07. The van der Waals surface area contributed by atoms with E-state index in [-0.39, 0.29) is 0 Å². The molecular weight excluding hydrogens is 1060 g/mol. The van der Waals surface area contributed by atoms with Crippen molar-refractivity contribution in [2.24, 2.45) is 0 Å². The molecule has 0 atom stereocenters. The minimum absolute atomic E-state index is 0.405. The number of nitrogens with zero attached hydrogens (tertiary/aromatic N) is 3. The van der Waals surface area contributed by atoms with Gasteiger partial charge in [-0.15, -0.1) is 0 Å². The van der Waals surface area contributed by atoms with Crippen molar-refractivity contribution in [1.82, 2.24) is 13.7 Å². The van der Waals surface area contributed by atoms with E-state index in [1.165, 1.54) is 170 Å². The van der Waals surface area contributed by atoms with Crippen molar-refractivity contribution < 1.29 is 0 Å². The Hall–Kier alpha value is -11.3. The zero-order chi connectivity index (χ0) is 57.8. The molecule has 3 heteroatoms. The molecule has 0 aliphatic heterocycles. The lowest BCUT2D eigenvalue weighted by molar-refractivity contribution is 0.667. The predicted octanol–water partition coefficient (Wildman–Crippen LogP) is 22.6. The molecule has 20 rings (SSSR count). The van der Waals surface area contributed by atoms with Crippen LogP contribution < -0.4 is 0 Å². The normalized spacial score (nSPS) is 13.5. The summed E-state index contributed by atoms with van der Waals surface area (Å²) in [6.07, 6.45) is 0. The maximum absolute atomic E-state index is 4.97. The summed E-state index contributed by atoms with van der Waals surface area (Å²) in [4.78, 5) is 0. The van der Waals surface area contributed by atoms with Crippen molar-refractivity contribution in [2.75, 3.05) is 0 Å². The molecule has 0 unspecified atom stereocenters. The van der Waals surface area contributed by atoms with Crippen LogP contribution in [0.3, 0.4) is 0 Å². The molecule has 0 saturated heterocycles. The molecule has 88 heavy (non-hydrogen) atoms. The molecular formula is C85H53N3. The first-order chi connectivity index (χ1) is 43.4. The maximum atomic E-state index is 4.97. The molecule has 408 valence electrons. The molecule has 0 radical (unpaired) electrons. The number of fused-ring (bicyclic) bond motifs is 25. The van der Waals surface area contributed by atoms with Crippen molar-refractivity contribution in [2.45, 2.75) is 19.3 Å². The summed E-state index contributed by atoms with van der Waals surface area (Å²) in [5.74, 6) is 0. The first-order valence-electron chi connectivity index (χ1n) is 30.8. The molecule has 0 saturated carbocycles. The molecule has 0 spiro atoms. The van der Waals surface area contributed by atoms with Crippen LogP contribution in [0.5, 0.6) is 0 Å². The van der Waals surface area contributed by atoms with Crippen molar-refractivity contribution in [1.29, 1.82) is 0 Å². The molecule has 0 bridgehead atoms. The van der Waals surface area contributed by atoms with E-state index in [4.69, 9.17) is 6.58 Å². The van der Waals surface area contributed by atoms with Crippen LogP contribution in [0.15, 0.2) is 280 Å². The van der Waals surface area contributed by atoms with E-state index in [2.05, 4.69) is 301 Å². The number of hydrogen-bond acceptors (Lipinski definition) is 0. The third-order valence-electron chi connectivity index (χ3n) is 20.3. The lowest BCUT2D eigenvalue weighted by Gasteiger charge is -2.24. The number of rotatable bonds is 5. The van der Waals surface area contributed by atoms with Gasteiger partial charge in [-0.1, -0.05) is 221 Å². The molecule has 3 aliphatic rings. The van der Waals surface area contributed by atoms with Crippen LogP contribution in [0, 0.1) is 0 Å². The van der Waals surface area contributed by atoms with Crippen LogP contribution in [0.1, 0.15) is 36.1 Å². The molecule has 3 aromatic heterocycles. The number of benzene rings is 14. The predicted molar refractivity (Wildman–Crippen MR) is 371 cm³/mol. The van der Waals surface area contributed by atoms with Gasteiger partial charge in [0.15, 0.2) is 0 Å². The largest absolute Gasteiger partial charge is 0.309 e. The van der Waals surface area contributed by atoms with E-state index in [9.17, 15) is 0 Å². The Labute approximate surface area is 508 Å². The van der Waals surface area contributed by atoms with Gasteiger partial charge in [0.25, 0.3) is 0 Å². The molecule has 3 heterocycles. The monoisotopic (exact) mass is 1120 g/mol. The van der Waals surface area contributed by atoms with Gasteiger partial charge in [0.1, 0.15) is 0 Å². The molecule has 14 aromatic carbocycles. The molecule has 3 nitrogen and oxygen atoms in total. The first-order valence-corrected chi connectivity index (χ1v) is 30.8. The fourth-order valence-corrected chi connectivity index (χ4v) is 16.8. The van der Waals surface area contributed by atoms with Gasteiger partial charge in [-0.3, -0.25) is 0 Å². The van der Waals surface area contributed by atoms with E-state index >= 15 is 0 Å². The molecule has 0 amide bonds. The Kier molecular flexibility index (Phi) is 9.40. The Morgan fingerprint density at radius 1 is 0.284 bits per heavy atom. The number of para-hydroxylation sites is 4. The topological polar surface area (TPSA) is 14.8 Å². The average Bonchev–Trinajstić information content (AvgIpc) is 1.53.